The lowest BCUT2D eigenvalue weighted by Crippen LogP contribution is -2.11. The highest BCUT2D eigenvalue weighted by Crippen LogP contribution is 2.24. The van der Waals surface area contributed by atoms with Crippen LogP contribution < -0.4 is 5.73 Å². The fourth-order valence-electron chi connectivity index (χ4n) is 2.17. The summed E-state index contributed by atoms with van der Waals surface area (Å²) in [4.78, 5) is 4.41. The zero-order valence-electron chi connectivity index (χ0n) is 10.9. The summed E-state index contributed by atoms with van der Waals surface area (Å²) in [6.45, 7) is 0. The van der Waals surface area contributed by atoms with Gasteiger partial charge in [0, 0.05) is 5.02 Å². The number of halogens is 1. The predicted molar refractivity (Wildman–Crippen MR) is 80.7 cm³/mol. The number of benzene rings is 2. The quantitative estimate of drug-likeness (QED) is 0.785. The van der Waals surface area contributed by atoms with Gasteiger partial charge in [0.05, 0.1) is 6.04 Å². The first-order valence-electron chi connectivity index (χ1n) is 6.58. The van der Waals surface area contributed by atoms with Crippen LogP contribution in [0.3, 0.4) is 0 Å². The largest absolute Gasteiger partial charge is 0.439 e. The lowest BCUT2D eigenvalue weighted by molar-refractivity contribution is 0.459. The summed E-state index contributed by atoms with van der Waals surface area (Å²) in [6, 6.07) is 15.4. The molecule has 0 spiro atoms. The normalized spacial score (nSPS) is 12.7. The SMILES string of the molecule is NC(CCc1ccccc1)c1nc2cc(Cl)ccc2o1. The third kappa shape index (κ3) is 2.84. The molecule has 3 rings (SSSR count). The molecule has 0 amide bonds. The zero-order chi connectivity index (χ0) is 13.9. The molecular formula is C16H15ClN2O. The van der Waals surface area contributed by atoms with Crippen LogP contribution in [0.2, 0.25) is 5.02 Å². The molecule has 0 aliphatic rings. The van der Waals surface area contributed by atoms with Gasteiger partial charge < -0.3 is 10.2 Å². The monoisotopic (exact) mass is 286 g/mol. The molecule has 1 atom stereocenters. The molecule has 2 N–H and O–H groups in total. The van der Waals surface area contributed by atoms with E-state index in [1.807, 2.05) is 24.3 Å². The summed E-state index contributed by atoms with van der Waals surface area (Å²) in [5.41, 5.74) is 8.90. The molecule has 1 heterocycles. The second kappa shape index (κ2) is 5.65. The van der Waals surface area contributed by atoms with Crippen molar-refractivity contribution in [1.82, 2.24) is 4.98 Å². The summed E-state index contributed by atoms with van der Waals surface area (Å²) < 4.78 is 5.68. The van der Waals surface area contributed by atoms with E-state index in [9.17, 15) is 0 Å². The number of fused-ring (bicyclic) bond motifs is 1. The van der Waals surface area contributed by atoms with Crippen molar-refractivity contribution >= 4 is 22.7 Å². The fraction of sp³-hybridized carbons (Fsp3) is 0.188. The smallest absolute Gasteiger partial charge is 0.212 e. The van der Waals surface area contributed by atoms with Crippen molar-refractivity contribution in [3.63, 3.8) is 0 Å². The van der Waals surface area contributed by atoms with Crippen molar-refractivity contribution < 1.29 is 4.42 Å². The standard InChI is InChI=1S/C16H15ClN2O/c17-12-7-9-15-14(10-12)19-16(20-15)13(18)8-6-11-4-2-1-3-5-11/h1-5,7,9-10,13H,6,8,18H2. The molecule has 0 bridgehead atoms. The first kappa shape index (κ1) is 13.2. The van der Waals surface area contributed by atoms with Crippen molar-refractivity contribution in [2.24, 2.45) is 5.73 Å². The van der Waals surface area contributed by atoms with E-state index < -0.39 is 0 Å². The molecule has 0 aliphatic carbocycles. The Morgan fingerprint density at radius 3 is 2.75 bits per heavy atom. The van der Waals surface area contributed by atoms with Crippen LogP contribution in [0.25, 0.3) is 11.1 Å². The molecule has 3 nitrogen and oxygen atoms in total. The van der Waals surface area contributed by atoms with E-state index >= 15 is 0 Å². The van der Waals surface area contributed by atoms with Gasteiger partial charge in [0.2, 0.25) is 5.89 Å². The topological polar surface area (TPSA) is 52.0 Å². The number of rotatable bonds is 4. The highest BCUT2D eigenvalue weighted by Gasteiger charge is 2.14. The minimum absolute atomic E-state index is 0.207. The molecule has 1 aromatic heterocycles. The lowest BCUT2D eigenvalue weighted by Gasteiger charge is -2.06. The summed E-state index contributed by atoms with van der Waals surface area (Å²) in [7, 11) is 0. The average molecular weight is 287 g/mol. The van der Waals surface area contributed by atoms with E-state index in [0.717, 1.165) is 23.9 Å². The Balaban J connectivity index is 1.73. The van der Waals surface area contributed by atoms with Gasteiger partial charge in [-0.25, -0.2) is 4.98 Å². The van der Waals surface area contributed by atoms with Gasteiger partial charge in [-0.2, -0.15) is 0 Å². The predicted octanol–water partition coefficient (Wildman–Crippen LogP) is 4.11. The molecular weight excluding hydrogens is 272 g/mol. The Morgan fingerprint density at radius 2 is 1.95 bits per heavy atom. The van der Waals surface area contributed by atoms with Crippen molar-refractivity contribution in [3.05, 3.63) is 65.0 Å². The van der Waals surface area contributed by atoms with Crippen LogP contribution in [0.5, 0.6) is 0 Å². The third-order valence-corrected chi connectivity index (χ3v) is 3.51. The first-order chi connectivity index (χ1) is 9.72. The van der Waals surface area contributed by atoms with E-state index in [-0.39, 0.29) is 6.04 Å². The van der Waals surface area contributed by atoms with Crippen molar-refractivity contribution in [2.75, 3.05) is 0 Å². The molecule has 102 valence electrons. The second-order valence-corrected chi connectivity index (χ2v) is 5.23. The van der Waals surface area contributed by atoms with E-state index in [1.54, 1.807) is 12.1 Å². The van der Waals surface area contributed by atoms with Gasteiger partial charge in [0.15, 0.2) is 5.58 Å². The molecule has 4 heteroatoms. The summed E-state index contributed by atoms with van der Waals surface area (Å²) in [6.07, 6.45) is 1.70. The van der Waals surface area contributed by atoms with Crippen LogP contribution in [0.15, 0.2) is 52.9 Å². The van der Waals surface area contributed by atoms with Crippen LogP contribution in [-0.4, -0.2) is 4.98 Å². The second-order valence-electron chi connectivity index (χ2n) is 4.79. The maximum absolute atomic E-state index is 6.16. The van der Waals surface area contributed by atoms with E-state index in [0.29, 0.717) is 10.9 Å². The first-order valence-corrected chi connectivity index (χ1v) is 6.95. The maximum Gasteiger partial charge on any atom is 0.212 e. The van der Waals surface area contributed by atoms with Crippen LogP contribution in [0, 0.1) is 0 Å². The Kier molecular flexibility index (Phi) is 3.72. The number of aryl methyl sites for hydroxylation is 1. The summed E-state index contributed by atoms with van der Waals surface area (Å²) in [5.74, 6) is 0.568. The number of oxazole rings is 1. The van der Waals surface area contributed by atoms with Crippen LogP contribution in [0.4, 0.5) is 0 Å². The summed E-state index contributed by atoms with van der Waals surface area (Å²) in [5, 5.41) is 0.648. The average Bonchev–Trinajstić information content (AvgIpc) is 2.89. The lowest BCUT2D eigenvalue weighted by atomic mass is 10.1. The van der Waals surface area contributed by atoms with Crippen LogP contribution in [0.1, 0.15) is 23.9 Å². The van der Waals surface area contributed by atoms with Gasteiger partial charge in [0.1, 0.15) is 5.52 Å². The molecule has 20 heavy (non-hydrogen) atoms. The van der Waals surface area contributed by atoms with Gasteiger partial charge in [0.25, 0.3) is 0 Å². The highest BCUT2D eigenvalue weighted by atomic mass is 35.5. The van der Waals surface area contributed by atoms with E-state index in [4.69, 9.17) is 21.8 Å². The van der Waals surface area contributed by atoms with Crippen molar-refractivity contribution in [2.45, 2.75) is 18.9 Å². The Morgan fingerprint density at radius 1 is 1.15 bits per heavy atom. The van der Waals surface area contributed by atoms with Gasteiger partial charge >= 0.3 is 0 Å². The number of nitrogens with zero attached hydrogens (tertiary/aromatic N) is 1. The molecule has 0 aliphatic heterocycles. The summed E-state index contributed by atoms with van der Waals surface area (Å²) >= 11 is 5.94. The third-order valence-electron chi connectivity index (χ3n) is 3.27. The molecule has 3 aromatic rings. The molecule has 0 radical (unpaired) electrons. The molecule has 1 unspecified atom stereocenters. The van der Waals surface area contributed by atoms with Crippen LogP contribution in [-0.2, 0) is 6.42 Å². The zero-order valence-corrected chi connectivity index (χ0v) is 11.7. The Labute approximate surface area is 122 Å². The van der Waals surface area contributed by atoms with Crippen LogP contribution >= 0.6 is 11.6 Å². The van der Waals surface area contributed by atoms with Gasteiger partial charge in [-0.05, 0) is 36.6 Å². The Hall–Kier alpha value is -1.84. The molecule has 0 saturated carbocycles. The van der Waals surface area contributed by atoms with E-state index in [1.165, 1.54) is 5.56 Å². The van der Waals surface area contributed by atoms with Gasteiger partial charge in [-0.3, -0.25) is 0 Å². The number of hydrogen-bond acceptors (Lipinski definition) is 3. The number of nitrogens with two attached hydrogens (primary N) is 1. The minimum Gasteiger partial charge on any atom is -0.439 e. The molecule has 0 fully saturated rings. The number of hydrogen-bond donors (Lipinski definition) is 1. The fourth-order valence-corrected chi connectivity index (χ4v) is 2.33. The maximum atomic E-state index is 6.16. The van der Waals surface area contributed by atoms with Gasteiger partial charge in [-0.15, -0.1) is 0 Å². The Bertz CT molecular complexity index is 709. The minimum atomic E-state index is -0.207. The highest BCUT2D eigenvalue weighted by molar-refractivity contribution is 6.31. The van der Waals surface area contributed by atoms with Gasteiger partial charge in [-0.1, -0.05) is 41.9 Å². The molecule has 2 aromatic carbocycles. The number of aromatic nitrogens is 1. The van der Waals surface area contributed by atoms with Crippen molar-refractivity contribution in [1.29, 1.82) is 0 Å². The van der Waals surface area contributed by atoms with Crippen molar-refractivity contribution in [3.8, 4) is 0 Å². The molecule has 0 saturated heterocycles. The van der Waals surface area contributed by atoms with E-state index in [2.05, 4.69) is 17.1 Å².